The zero-order valence-corrected chi connectivity index (χ0v) is 24.0. The maximum Gasteiger partial charge on any atom is 0.319 e. The van der Waals surface area contributed by atoms with Crippen molar-refractivity contribution < 1.29 is 26.4 Å². The number of benzene rings is 3. The van der Waals surface area contributed by atoms with Gasteiger partial charge in [-0.15, -0.1) is 10.3 Å². The molecule has 0 bridgehead atoms. The molecular weight excluding hydrogens is 605 g/mol. The summed E-state index contributed by atoms with van der Waals surface area (Å²) in [5, 5.41) is 3.76. The molecule has 0 aliphatic carbocycles. The van der Waals surface area contributed by atoms with Gasteiger partial charge >= 0.3 is 6.01 Å². The summed E-state index contributed by atoms with van der Waals surface area (Å²) in [6.07, 6.45) is 8.18. The van der Waals surface area contributed by atoms with E-state index >= 15 is 4.39 Å². The normalized spacial score (nSPS) is 14.0. The van der Waals surface area contributed by atoms with Crippen LogP contribution in [0.25, 0.3) is 32.9 Å². The molecule has 0 saturated carbocycles. The molecule has 3 aromatic carbocycles. The van der Waals surface area contributed by atoms with Crippen LogP contribution in [0, 0.1) is 24.0 Å². The largest absolute Gasteiger partial charge is 0.463 e. The highest BCUT2D eigenvalue weighted by molar-refractivity contribution is 7.79. The fourth-order valence-electron chi connectivity index (χ4n) is 4.87. The van der Waals surface area contributed by atoms with Gasteiger partial charge in [0.25, 0.3) is 0 Å². The third-order valence-corrected chi connectivity index (χ3v) is 7.69. The van der Waals surface area contributed by atoms with Crippen molar-refractivity contribution in [3.63, 3.8) is 0 Å². The van der Waals surface area contributed by atoms with Crippen molar-refractivity contribution in [1.82, 2.24) is 15.0 Å². The highest BCUT2D eigenvalue weighted by atomic mass is 32.2. The van der Waals surface area contributed by atoms with Crippen LogP contribution in [0.4, 0.5) is 24.2 Å². The number of ether oxygens (including phenoxy) is 1. The number of carbonyl (C=O) groups excluding carboxylic acids is 1. The molecule has 13 heteroatoms. The highest BCUT2D eigenvalue weighted by Gasteiger charge is 2.37. The van der Waals surface area contributed by atoms with E-state index in [1.165, 1.54) is 42.7 Å². The molecule has 2 aromatic heterocycles. The zero-order chi connectivity index (χ0) is 31.8. The number of pyridine rings is 1. The summed E-state index contributed by atoms with van der Waals surface area (Å²) in [4.78, 5) is 27.1. The zero-order valence-electron chi connectivity index (χ0n) is 23.2. The van der Waals surface area contributed by atoms with Crippen LogP contribution in [-0.2, 0) is 16.0 Å². The van der Waals surface area contributed by atoms with Crippen LogP contribution in [-0.4, -0.2) is 31.7 Å². The summed E-state index contributed by atoms with van der Waals surface area (Å²) in [6.45, 7) is 3.74. The summed E-state index contributed by atoms with van der Waals surface area (Å²) >= 11 is -2.64. The Morgan fingerprint density at radius 2 is 1.93 bits per heavy atom. The summed E-state index contributed by atoms with van der Waals surface area (Å²) in [5.74, 6) is 0.657. The fraction of sp³-hybridized carbons (Fsp3) is 0.0625. The number of amides is 1. The lowest BCUT2D eigenvalue weighted by Crippen LogP contribution is -2.16. The molecular formula is C32H21F3N6O3S. The second kappa shape index (κ2) is 11.7. The van der Waals surface area contributed by atoms with Crippen molar-refractivity contribution in [2.45, 2.75) is 11.3 Å². The summed E-state index contributed by atoms with van der Waals surface area (Å²) in [5.41, 5.74) is 7.11. The van der Waals surface area contributed by atoms with Crippen molar-refractivity contribution in [1.29, 1.82) is 0 Å². The molecule has 0 spiro atoms. The van der Waals surface area contributed by atoms with Gasteiger partial charge in [0.2, 0.25) is 17.1 Å². The molecule has 9 nitrogen and oxygen atoms in total. The lowest BCUT2D eigenvalue weighted by Gasteiger charge is -2.13. The number of rotatable bonds is 8. The maximum atomic E-state index is 16.4. The Balaban J connectivity index is 1.34. The van der Waals surface area contributed by atoms with Crippen LogP contribution >= 0.6 is 0 Å². The monoisotopic (exact) mass is 626 g/mol. The Hall–Kier alpha value is -5.74. The van der Waals surface area contributed by atoms with Crippen molar-refractivity contribution in [2.75, 3.05) is 16.8 Å². The summed E-state index contributed by atoms with van der Waals surface area (Å²) in [7, 11) is 0. The Bertz CT molecular complexity index is 2150. The fourth-order valence-corrected chi connectivity index (χ4v) is 5.22. The molecule has 45 heavy (non-hydrogen) atoms. The van der Waals surface area contributed by atoms with Crippen molar-refractivity contribution in [2.24, 2.45) is 5.73 Å². The van der Waals surface area contributed by atoms with Crippen LogP contribution in [0.3, 0.4) is 0 Å². The molecule has 5 aromatic rings. The number of hydrogen-bond donors (Lipinski definition) is 2. The maximum absolute atomic E-state index is 16.4. The molecule has 1 aliphatic rings. The minimum absolute atomic E-state index is 0.0264. The summed E-state index contributed by atoms with van der Waals surface area (Å²) in [6, 6.07) is 13.0. The number of carbonyl (C=O) groups is 1. The molecule has 1 saturated heterocycles. The van der Waals surface area contributed by atoms with E-state index < -0.39 is 28.7 Å². The minimum atomic E-state index is -2.64. The predicted molar refractivity (Wildman–Crippen MR) is 165 cm³/mol. The average molecular weight is 627 g/mol. The van der Waals surface area contributed by atoms with Gasteiger partial charge in [-0.3, -0.25) is 14.7 Å². The Kier molecular flexibility index (Phi) is 7.65. The number of nitrogens with one attached hydrogen (secondary N) is 1. The number of nitrogens with zero attached hydrogens (tertiary/aromatic N) is 4. The van der Waals surface area contributed by atoms with Crippen molar-refractivity contribution in [3.05, 3.63) is 102 Å². The van der Waals surface area contributed by atoms with Gasteiger partial charge in [0.1, 0.15) is 23.6 Å². The number of fused-ring (bicyclic) bond motifs is 2. The standard InChI is InChI=1S/C32H21F3N6O3S/c1-3-21-24(33)12-7-18-5-4-6-22(27(18)21)29-28(34)30-23(16-37-29)31(41-17(2)25(41)15-36)40-32(39-30)44-14-13-26(42)38-19-8-10-20(11-9-19)45(35)43/h1,4-12,15-16H,2,13-14,36H2,(H,38,42)/b25-15-. The Morgan fingerprint density at radius 3 is 2.62 bits per heavy atom. The van der Waals surface area contributed by atoms with E-state index in [9.17, 15) is 17.3 Å². The topological polar surface area (TPSA) is 123 Å². The summed E-state index contributed by atoms with van der Waals surface area (Å²) < 4.78 is 60.5. The van der Waals surface area contributed by atoms with E-state index in [4.69, 9.17) is 16.9 Å². The molecule has 3 N–H and O–H groups in total. The number of nitrogens with two attached hydrogens (primary N) is 1. The van der Waals surface area contributed by atoms with Gasteiger partial charge in [-0.05, 0) is 35.7 Å². The lowest BCUT2D eigenvalue weighted by atomic mass is 9.96. The van der Waals surface area contributed by atoms with E-state index in [-0.39, 0.29) is 57.5 Å². The molecule has 0 radical (unpaired) electrons. The Morgan fingerprint density at radius 1 is 1.16 bits per heavy atom. The SMILES string of the molecule is C#Cc1c(F)ccc2cccc(-c3ncc4c(N5C(=C)/C5=C/N)nc(OCCC(=O)Nc5ccc(S(=O)F)cc5)nc4c3F)c12. The first kappa shape index (κ1) is 29.3. The smallest absolute Gasteiger partial charge is 0.319 e. The molecule has 3 heterocycles. The predicted octanol–water partition coefficient (Wildman–Crippen LogP) is 5.64. The number of halogens is 3. The lowest BCUT2D eigenvalue weighted by molar-refractivity contribution is -0.116. The molecule has 6 rings (SSSR count). The second-order valence-electron chi connectivity index (χ2n) is 9.71. The third kappa shape index (κ3) is 5.43. The molecule has 1 unspecified atom stereocenters. The van der Waals surface area contributed by atoms with Gasteiger partial charge in [0.05, 0.1) is 33.7 Å². The van der Waals surface area contributed by atoms with E-state index in [1.807, 2.05) is 0 Å². The Labute approximate surface area is 257 Å². The minimum Gasteiger partial charge on any atom is -0.463 e. The van der Waals surface area contributed by atoms with Crippen LogP contribution in [0.2, 0.25) is 0 Å². The average Bonchev–Trinajstić information content (AvgIpc) is 3.70. The molecule has 1 fully saturated rings. The van der Waals surface area contributed by atoms with Crippen LogP contribution in [0.5, 0.6) is 6.01 Å². The molecule has 1 atom stereocenters. The van der Waals surface area contributed by atoms with E-state index in [1.54, 1.807) is 29.2 Å². The first-order valence-electron chi connectivity index (χ1n) is 13.3. The van der Waals surface area contributed by atoms with Gasteiger partial charge in [-0.1, -0.05) is 36.8 Å². The number of aromatic nitrogens is 3. The molecule has 1 aliphatic heterocycles. The highest BCUT2D eigenvalue weighted by Crippen LogP contribution is 2.44. The number of anilines is 2. The van der Waals surface area contributed by atoms with E-state index in [0.29, 0.717) is 27.9 Å². The first-order valence-corrected chi connectivity index (χ1v) is 14.3. The van der Waals surface area contributed by atoms with Crippen LogP contribution < -0.4 is 20.7 Å². The number of terminal acetylenes is 1. The molecule has 1 amide bonds. The quantitative estimate of drug-likeness (QED) is 0.129. The van der Waals surface area contributed by atoms with Crippen LogP contribution in [0.1, 0.15) is 12.0 Å². The van der Waals surface area contributed by atoms with Gasteiger partial charge in [0, 0.05) is 29.0 Å². The van der Waals surface area contributed by atoms with Gasteiger partial charge < -0.3 is 15.8 Å². The number of hydrogen-bond acceptors (Lipinski definition) is 8. The first-order chi connectivity index (χ1) is 21.7. The van der Waals surface area contributed by atoms with Gasteiger partial charge in [-0.2, -0.15) is 9.97 Å². The van der Waals surface area contributed by atoms with Gasteiger partial charge in [0.15, 0.2) is 11.6 Å². The molecule has 224 valence electrons. The van der Waals surface area contributed by atoms with E-state index in [0.717, 1.165) is 0 Å². The van der Waals surface area contributed by atoms with E-state index in [2.05, 4.69) is 32.8 Å². The second-order valence-corrected chi connectivity index (χ2v) is 10.6. The third-order valence-electron chi connectivity index (χ3n) is 7.05. The van der Waals surface area contributed by atoms with Crippen LogP contribution in [0.15, 0.2) is 89.9 Å². The van der Waals surface area contributed by atoms with Crippen molar-refractivity contribution >= 4 is 50.3 Å². The van der Waals surface area contributed by atoms with Gasteiger partial charge in [-0.25, -0.2) is 13.0 Å². The van der Waals surface area contributed by atoms with Crippen molar-refractivity contribution in [3.8, 4) is 29.6 Å².